The van der Waals surface area contributed by atoms with Gasteiger partial charge in [-0.2, -0.15) is 4.98 Å². The van der Waals surface area contributed by atoms with Gasteiger partial charge in [-0.15, -0.1) is 5.10 Å². The van der Waals surface area contributed by atoms with E-state index in [-0.39, 0.29) is 16.9 Å². The van der Waals surface area contributed by atoms with Gasteiger partial charge in [0.05, 0.1) is 0 Å². The van der Waals surface area contributed by atoms with Crippen LogP contribution in [0.25, 0.3) is 11.4 Å². The summed E-state index contributed by atoms with van der Waals surface area (Å²) in [6.45, 7) is 4.20. The van der Waals surface area contributed by atoms with E-state index < -0.39 is 6.04 Å². The summed E-state index contributed by atoms with van der Waals surface area (Å²) in [5.41, 5.74) is 3.06. The van der Waals surface area contributed by atoms with Crippen LogP contribution >= 0.6 is 11.6 Å². The number of nitrogens with one attached hydrogen (secondary N) is 1. The molecule has 2 aliphatic rings. The molecule has 0 spiro atoms. The number of carbonyl (C=O) groups is 1. The maximum absolute atomic E-state index is 13.2. The fourth-order valence-corrected chi connectivity index (χ4v) is 4.57. The Morgan fingerprint density at radius 2 is 1.87 bits per heavy atom. The van der Waals surface area contributed by atoms with Crippen LogP contribution in [0.15, 0.2) is 59.8 Å². The minimum Gasteiger partial charge on any atom is -0.508 e. The van der Waals surface area contributed by atoms with E-state index in [1.54, 1.807) is 28.9 Å². The van der Waals surface area contributed by atoms with Crippen LogP contribution in [-0.2, 0) is 4.79 Å². The molecule has 0 saturated heterocycles. The average molecular weight is 421 g/mol. The number of benzene rings is 2. The first-order valence-electron chi connectivity index (χ1n) is 9.86. The van der Waals surface area contributed by atoms with Crippen molar-refractivity contribution in [3.8, 4) is 17.1 Å². The first kappa shape index (κ1) is 18.9. The number of hydrogen-bond acceptors (Lipinski definition) is 5. The zero-order valence-corrected chi connectivity index (χ0v) is 17.4. The van der Waals surface area contributed by atoms with Gasteiger partial charge < -0.3 is 10.4 Å². The highest BCUT2D eigenvalue weighted by atomic mass is 35.5. The summed E-state index contributed by atoms with van der Waals surface area (Å²) in [7, 11) is 0. The van der Waals surface area contributed by atoms with Gasteiger partial charge in [-0.25, -0.2) is 4.68 Å². The molecular weight excluding hydrogens is 400 g/mol. The van der Waals surface area contributed by atoms with Crippen molar-refractivity contribution < 1.29 is 9.90 Å². The van der Waals surface area contributed by atoms with Crippen molar-refractivity contribution in [3.05, 3.63) is 70.4 Å². The molecule has 0 radical (unpaired) electrons. The lowest BCUT2D eigenvalue weighted by atomic mass is 9.73. The summed E-state index contributed by atoms with van der Waals surface area (Å²) < 4.78 is 1.75. The number of hydrogen-bond donors (Lipinski definition) is 2. The number of anilines is 1. The number of Topliss-reactive ketones (excluding diaryl/α,β-unsaturated/α-hetero) is 1. The Hall–Kier alpha value is -3.12. The third-order valence-electron chi connectivity index (χ3n) is 5.66. The Morgan fingerprint density at radius 1 is 1.13 bits per heavy atom. The molecule has 5 rings (SSSR count). The van der Waals surface area contributed by atoms with Gasteiger partial charge in [0.2, 0.25) is 5.95 Å². The largest absolute Gasteiger partial charge is 0.508 e. The van der Waals surface area contributed by atoms with Crippen LogP contribution in [-0.4, -0.2) is 25.7 Å². The molecule has 1 aliphatic carbocycles. The van der Waals surface area contributed by atoms with Gasteiger partial charge in [0.25, 0.3) is 0 Å². The number of rotatable bonds is 2. The second-order valence-electron chi connectivity index (χ2n) is 8.63. The monoisotopic (exact) mass is 420 g/mol. The van der Waals surface area contributed by atoms with Crippen molar-refractivity contribution in [1.82, 2.24) is 14.8 Å². The van der Waals surface area contributed by atoms with Crippen molar-refractivity contribution >= 4 is 23.3 Å². The summed E-state index contributed by atoms with van der Waals surface area (Å²) in [5.74, 6) is 1.37. The molecule has 0 saturated carbocycles. The lowest BCUT2D eigenvalue weighted by molar-refractivity contribution is -0.118. The normalized spacial score (nSPS) is 19.8. The third kappa shape index (κ3) is 3.08. The van der Waals surface area contributed by atoms with Crippen molar-refractivity contribution in [2.45, 2.75) is 32.7 Å². The number of aromatic hydroxyl groups is 1. The summed E-state index contributed by atoms with van der Waals surface area (Å²) >= 11 is 6.56. The number of phenols is 1. The molecule has 6 nitrogen and oxygen atoms in total. The Kier molecular flexibility index (Phi) is 4.22. The Labute approximate surface area is 179 Å². The number of allylic oxidation sites excluding steroid dienone is 2. The molecule has 7 heteroatoms. The third-order valence-corrected chi connectivity index (χ3v) is 6.00. The number of halogens is 1. The molecule has 2 aromatic carbocycles. The number of aromatic nitrogens is 3. The maximum Gasteiger partial charge on any atom is 0.226 e. The van der Waals surface area contributed by atoms with Gasteiger partial charge in [-0.1, -0.05) is 43.6 Å². The molecule has 152 valence electrons. The second kappa shape index (κ2) is 6.71. The molecule has 2 N–H and O–H groups in total. The Morgan fingerprint density at radius 3 is 2.60 bits per heavy atom. The molecule has 1 atom stereocenters. The molecule has 0 bridgehead atoms. The summed E-state index contributed by atoms with van der Waals surface area (Å²) in [6, 6.07) is 13.8. The smallest absolute Gasteiger partial charge is 0.226 e. The number of ketones is 1. The van der Waals surface area contributed by atoms with E-state index in [0.717, 1.165) is 23.2 Å². The summed E-state index contributed by atoms with van der Waals surface area (Å²) in [5, 5.41) is 18.3. The second-order valence-corrected chi connectivity index (χ2v) is 9.04. The molecule has 3 aromatic rings. The molecule has 1 aromatic heterocycles. The standard InChI is InChI=1S/C23H21ClN4O2/c1-23(2)11-17-19(18(30)12-23)20(15-5-3-4-6-16(15)24)28-22(25-17)26-21(27-28)13-7-9-14(29)10-8-13/h3-10,20,29H,11-12H2,1-2H3,(H,25,26,27). The molecule has 1 aliphatic heterocycles. The minimum atomic E-state index is -0.438. The van der Waals surface area contributed by atoms with Gasteiger partial charge in [-0.05, 0) is 42.2 Å². The lowest BCUT2D eigenvalue weighted by Crippen LogP contribution is -2.36. The Bertz CT molecular complexity index is 1190. The number of fused-ring (bicyclic) bond motifs is 1. The van der Waals surface area contributed by atoms with Gasteiger partial charge >= 0.3 is 0 Å². The number of carbonyl (C=O) groups excluding carboxylic acids is 1. The molecule has 0 fully saturated rings. The van der Waals surface area contributed by atoms with E-state index in [0.29, 0.717) is 28.8 Å². The highest BCUT2D eigenvalue weighted by Crippen LogP contribution is 2.46. The van der Waals surface area contributed by atoms with Gasteiger partial charge in [-0.3, -0.25) is 4.79 Å². The van der Waals surface area contributed by atoms with E-state index in [4.69, 9.17) is 21.7 Å². The predicted molar refractivity (Wildman–Crippen MR) is 115 cm³/mol. The molecule has 2 heterocycles. The summed E-state index contributed by atoms with van der Waals surface area (Å²) in [6.07, 6.45) is 1.22. The van der Waals surface area contributed by atoms with E-state index in [1.807, 2.05) is 24.3 Å². The molecular formula is C23H21ClN4O2. The molecule has 30 heavy (non-hydrogen) atoms. The Balaban J connectivity index is 1.70. The van der Waals surface area contributed by atoms with Crippen molar-refractivity contribution in [2.24, 2.45) is 5.41 Å². The van der Waals surface area contributed by atoms with Crippen molar-refractivity contribution in [1.29, 1.82) is 0 Å². The van der Waals surface area contributed by atoms with Crippen LogP contribution in [0.4, 0.5) is 5.95 Å². The van der Waals surface area contributed by atoms with Crippen LogP contribution in [0, 0.1) is 5.41 Å². The summed E-state index contributed by atoms with van der Waals surface area (Å²) in [4.78, 5) is 17.9. The zero-order valence-electron chi connectivity index (χ0n) is 16.7. The molecule has 1 unspecified atom stereocenters. The fraction of sp³-hybridized carbons (Fsp3) is 0.261. The van der Waals surface area contributed by atoms with Crippen molar-refractivity contribution in [2.75, 3.05) is 5.32 Å². The van der Waals surface area contributed by atoms with Crippen LogP contribution in [0.3, 0.4) is 0 Å². The number of nitrogens with zero attached hydrogens (tertiary/aromatic N) is 3. The maximum atomic E-state index is 13.2. The van der Waals surface area contributed by atoms with Crippen LogP contribution in [0.5, 0.6) is 5.75 Å². The van der Waals surface area contributed by atoms with Crippen LogP contribution in [0.1, 0.15) is 38.3 Å². The van der Waals surface area contributed by atoms with Gasteiger partial charge in [0.15, 0.2) is 11.6 Å². The first-order chi connectivity index (χ1) is 14.3. The topological polar surface area (TPSA) is 80.0 Å². The number of phenolic OH excluding ortho intramolecular Hbond substituents is 1. The zero-order chi connectivity index (χ0) is 21.0. The first-order valence-corrected chi connectivity index (χ1v) is 10.2. The average Bonchev–Trinajstić information content (AvgIpc) is 3.10. The van der Waals surface area contributed by atoms with Gasteiger partial charge in [0.1, 0.15) is 11.8 Å². The van der Waals surface area contributed by atoms with E-state index in [9.17, 15) is 9.90 Å². The fourth-order valence-electron chi connectivity index (χ4n) is 4.33. The quantitative estimate of drug-likeness (QED) is 0.612. The highest BCUT2D eigenvalue weighted by molar-refractivity contribution is 6.31. The van der Waals surface area contributed by atoms with Gasteiger partial charge in [0, 0.05) is 33.8 Å². The van der Waals surface area contributed by atoms with E-state index in [1.165, 1.54) is 0 Å². The van der Waals surface area contributed by atoms with Crippen LogP contribution in [0.2, 0.25) is 5.02 Å². The highest BCUT2D eigenvalue weighted by Gasteiger charge is 2.42. The molecule has 0 amide bonds. The minimum absolute atomic E-state index is 0.103. The predicted octanol–water partition coefficient (Wildman–Crippen LogP) is 4.96. The lowest BCUT2D eigenvalue weighted by Gasteiger charge is -2.38. The SMILES string of the molecule is CC1(C)CC(=O)C2=C(C1)Nc1nc(-c3ccc(O)cc3)nn1C2c1ccccc1Cl. The van der Waals surface area contributed by atoms with Crippen LogP contribution < -0.4 is 5.32 Å². The van der Waals surface area contributed by atoms with Crippen molar-refractivity contribution in [3.63, 3.8) is 0 Å². The van der Waals surface area contributed by atoms with E-state index >= 15 is 0 Å². The van der Waals surface area contributed by atoms with E-state index in [2.05, 4.69) is 19.2 Å².